The first kappa shape index (κ1) is 22.8. The van der Waals surface area contributed by atoms with E-state index in [0.29, 0.717) is 5.70 Å². The standard InChI is InChI=1S/C23H24F2N2O3S/c1-13-8-9-16(12-14(13)2)27-15(3)19(22(28)30-11-10-29-4)21(26-23(27)31)20-17(24)6-5-7-18(20)25/h5-9,12,21H,10-11H2,1-4H3,(H,26,31). The number of allylic oxidation sites excluding steroid dienone is 1. The van der Waals surface area contributed by atoms with Crippen LogP contribution < -0.4 is 10.2 Å². The fourth-order valence-corrected chi connectivity index (χ4v) is 3.84. The number of methoxy groups -OCH3 is 1. The second-order valence-electron chi connectivity index (χ2n) is 7.25. The Balaban J connectivity index is 2.15. The van der Waals surface area contributed by atoms with Gasteiger partial charge in [-0.15, -0.1) is 0 Å². The maximum atomic E-state index is 14.6. The van der Waals surface area contributed by atoms with Gasteiger partial charge < -0.3 is 14.8 Å². The summed E-state index contributed by atoms with van der Waals surface area (Å²) in [6, 6.07) is 8.17. The number of carbonyl (C=O) groups excluding carboxylic acids is 1. The number of nitrogens with zero attached hydrogens (tertiary/aromatic N) is 1. The zero-order chi connectivity index (χ0) is 22.7. The maximum Gasteiger partial charge on any atom is 0.338 e. The monoisotopic (exact) mass is 446 g/mol. The van der Waals surface area contributed by atoms with Crippen molar-refractivity contribution >= 4 is 29.0 Å². The molecule has 1 N–H and O–H groups in total. The summed E-state index contributed by atoms with van der Waals surface area (Å²) in [5.41, 5.74) is 3.09. The topological polar surface area (TPSA) is 50.8 Å². The lowest BCUT2D eigenvalue weighted by atomic mass is 9.93. The third kappa shape index (κ3) is 4.60. The molecule has 3 rings (SSSR count). The van der Waals surface area contributed by atoms with Gasteiger partial charge in [0.2, 0.25) is 0 Å². The number of benzene rings is 2. The number of nitrogens with one attached hydrogen (secondary N) is 1. The molecule has 1 aliphatic heterocycles. The van der Waals surface area contributed by atoms with E-state index in [-0.39, 0.29) is 29.5 Å². The van der Waals surface area contributed by atoms with Crippen LogP contribution in [-0.2, 0) is 14.3 Å². The van der Waals surface area contributed by atoms with Crippen molar-refractivity contribution in [2.24, 2.45) is 0 Å². The van der Waals surface area contributed by atoms with E-state index in [4.69, 9.17) is 21.7 Å². The third-order valence-electron chi connectivity index (χ3n) is 5.26. The Morgan fingerprint density at radius 1 is 1.10 bits per heavy atom. The van der Waals surface area contributed by atoms with Crippen molar-refractivity contribution in [2.45, 2.75) is 26.8 Å². The van der Waals surface area contributed by atoms with Crippen molar-refractivity contribution < 1.29 is 23.0 Å². The van der Waals surface area contributed by atoms with Crippen molar-refractivity contribution in [3.05, 3.63) is 76.0 Å². The molecule has 0 spiro atoms. The second kappa shape index (κ2) is 9.53. The van der Waals surface area contributed by atoms with Gasteiger partial charge in [0.15, 0.2) is 5.11 Å². The van der Waals surface area contributed by atoms with Crippen molar-refractivity contribution in [3.8, 4) is 0 Å². The van der Waals surface area contributed by atoms with Crippen LogP contribution in [0.15, 0.2) is 47.7 Å². The highest BCUT2D eigenvalue weighted by Crippen LogP contribution is 2.36. The Labute approximate surface area is 185 Å². The molecule has 164 valence electrons. The Morgan fingerprint density at radius 3 is 2.39 bits per heavy atom. The summed E-state index contributed by atoms with van der Waals surface area (Å²) in [6.07, 6.45) is 0. The molecule has 5 nitrogen and oxygen atoms in total. The van der Waals surface area contributed by atoms with Crippen LogP contribution in [0, 0.1) is 25.5 Å². The Hall–Kier alpha value is -2.84. The lowest BCUT2D eigenvalue weighted by Crippen LogP contribution is -2.48. The summed E-state index contributed by atoms with van der Waals surface area (Å²) >= 11 is 5.54. The fourth-order valence-electron chi connectivity index (χ4n) is 3.48. The van der Waals surface area contributed by atoms with Crippen molar-refractivity contribution in [1.82, 2.24) is 5.32 Å². The van der Waals surface area contributed by atoms with Gasteiger partial charge in [-0.1, -0.05) is 12.1 Å². The predicted molar refractivity (Wildman–Crippen MR) is 119 cm³/mol. The highest BCUT2D eigenvalue weighted by Gasteiger charge is 2.38. The first-order valence-corrected chi connectivity index (χ1v) is 10.2. The smallest absolute Gasteiger partial charge is 0.338 e. The van der Waals surface area contributed by atoms with Gasteiger partial charge in [0.25, 0.3) is 0 Å². The Morgan fingerprint density at radius 2 is 1.77 bits per heavy atom. The number of ether oxygens (including phenoxy) is 2. The second-order valence-corrected chi connectivity index (χ2v) is 7.64. The number of rotatable bonds is 6. The number of hydrogen-bond donors (Lipinski definition) is 1. The normalized spacial score (nSPS) is 16.4. The number of halogens is 2. The van der Waals surface area contributed by atoms with Gasteiger partial charge in [-0.3, -0.25) is 4.90 Å². The molecule has 8 heteroatoms. The molecule has 1 unspecified atom stereocenters. The number of esters is 1. The summed E-state index contributed by atoms with van der Waals surface area (Å²) in [7, 11) is 1.48. The zero-order valence-corrected chi connectivity index (χ0v) is 18.6. The molecule has 0 aromatic heterocycles. The van der Waals surface area contributed by atoms with Crippen LogP contribution in [0.4, 0.5) is 14.5 Å². The number of thiocarbonyl (C=S) groups is 1. The Bertz CT molecular complexity index is 1030. The van der Waals surface area contributed by atoms with Crippen LogP contribution in [0.3, 0.4) is 0 Å². The zero-order valence-electron chi connectivity index (χ0n) is 17.8. The fraction of sp³-hybridized carbons (Fsp3) is 0.304. The van der Waals surface area contributed by atoms with Crippen molar-refractivity contribution in [3.63, 3.8) is 0 Å². The molecule has 0 amide bonds. The minimum Gasteiger partial charge on any atom is -0.460 e. The van der Waals surface area contributed by atoms with Gasteiger partial charge in [0.05, 0.1) is 23.8 Å². The molecule has 0 radical (unpaired) electrons. The molecular weight excluding hydrogens is 422 g/mol. The highest BCUT2D eigenvalue weighted by molar-refractivity contribution is 7.80. The Kier molecular flexibility index (Phi) is 7.02. The molecule has 0 saturated carbocycles. The van der Waals surface area contributed by atoms with Crippen LogP contribution in [0.5, 0.6) is 0 Å². The third-order valence-corrected chi connectivity index (χ3v) is 5.56. The average Bonchev–Trinajstić information content (AvgIpc) is 2.70. The molecule has 0 fully saturated rings. The van der Waals surface area contributed by atoms with E-state index >= 15 is 0 Å². The molecule has 31 heavy (non-hydrogen) atoms. The van der Waals surface area contributed by atoms with E-state index in [1.54, 1.807) is 11.8 Å². The molecular formula is C23H24F2N2O3S. The molecule has 1 heterocycles. The largest absolute Gasteiger partial charge is 0.460 e. The van der Waals surface area contributed by atoms with Gasteiger partial charge in [0.1, 0.15) is 18.2 Å². The summed E-state index contributed by atoms with van der Waals surface area (Å²) in [4.78, 5) is 14.7. The van der Waals surface area contributed by atoms with Gasteiger partial charge in [0, 0.05) is 18.5 Å². The highest BCUT2D eigenvalue weighted by atomic mass is 32.1. The minimum atomic E-state index is -1.13. The van der Waals surface area contributed by atoms with E-state index in [2.05, 4.69) is 5.32 Å². The van der Waals surface area contributed by atoms with Crippen molar-refractivity contribution in [1.29, 1.82) is 0 Å². The van der Waals surface area contributed by atoms with Gasteiger partial charge in [-0.05, 0) is 68.4 Å². The lowest BCUT2D eigenvalue weighted by molar-refractivity contribution is -0.140. The quantitative estimate of drug-likeness (QED) is 0.401. The molecule has 1 atom stereocenters. The number of aryl methyl sites for hydroxylation is 2. The summed E-state index contributed by atoms with van der Waals surface area (Å²) in [5, 5.41) is 3.16. The number of hydrogen-bond acceptors (Lipinski definition) is 4. The molecule has 2 aromatic carbocycles. The molecule has 1 aliphatic rings. The average molecular weight is 447 g/mol. The lowest BCUT2D eigenvalue weighted by Gasteiger charge is -2.37. The SMILES string of the molecule is COCCOC(=O)C1=C(C)N(c2ccc(C)c(C)c2)C(=S)NC1c1c(F)cccc1F. The van der Waals surface area contributed by atoms with Crippen LogP contribution in [0.25, 0.3) is 0 Å². The molecule has 0 bridgehead atoms. The first-order valence-electron chi connectivity index (χ1n) is 9.74. The van der Waals surface area contributed by atoms with Crippen LogP contribution >= 0.6 is 12.2 Å². The van der Waals surface area contributed by atoms with E-state index in [0.717, 1.165) is 28.9 Å². The van der Waals surface area contributed by atoms with E-state index in [1.165, 1.54) is 13.2 Å². The first-order chi connectivity index (χ1) is 14.8. The van der Waals surface area contributed by atoms with E-state index < -0.39 is 23.6 Å². The number of carbonyl (C=O) groups is 1. The summed E-state index contributed by atoms with van der Waals surface area (Å²) in [6.45, 7) is 5.84. The molecule has 0 saturated heterocycles. The number of anilines is 1. The van der Waals surface area contributed by atoms with Gasteiger partial charge >= 0.3 is 5.97 Å². The molecule has 2 aromatic rings. The summed E-state index contributed by atoms with van der Waals surface area (Å²) in [5.74, 6) is -2.27. The molecule has 0 aliphatic carbocycles. The van der Waals surface area contributed by atoms with Gasteiger partial charge in [-0.25, -0.2) is 13.6 Å². The van der Waals surface area contributed by atoms with Crippen LogP contribution in [0.1, 0.15) is 29.7 Å². The van der Waals surface area contributed by atoms with E-state index in [9.17, 15) is 13.6 Å². The van der Waals surface area contributed by atoms with Crippen LogP contribution in [-0.4, -0.2) is 31.4 Å². The minimum absolute atomic E-state index is 0.00662. The van der Waals surface area contributed by atoms with Crippen molar-refractivity contribution in [2.75, 3.05) is 25.2 Å². The summed E-state index contributed by atoms with van der Waals surface area (Å²) < 4.78 is 39.5. The van der Waals surface area contributed by atoms with E-state index in [1.807, 2.05) is 32.0 Å². The predicted octanol–water partition coefficient (Wildman–Crippen LogP) is 4.48. The van der Waals surface area contributed by atoms with Crippen LogP contribution in [0.2, 0.25) is 0 Å². The van der Waals surface area contributed by atoms with Gasteiger partial charge in [-0.2, -0.15) is 0 Å². The maximum absolute atomic E-state index is 14.6.